The van der Waals surface area contributed by atoms with E-state index in [1.807, 2.05) is 20.0 Å². The van der Waals surface area contributed by atoms with Crippen molar-refractivity contribution in [3.05, 3.63) is 47.3 Å². The SMILES string of the molecule is Cc1cnncc1CCc1nccnc1C. The topological polar surface area (TPSA) is 51.6 Å². The van der Waals surface area contributed by atoms with Gasteiger partial charge in [0.05, 0.1) is 23.8 Å². The maximum absolute atomic E-state index is 4.32. The van der Waals surface area contributed by atoms with E-state index in [0.29, 0.717) is 0 Å². The molecule has 2 rings (SSSR count). The third kappa shape index (κ3) is 2.39. The molecule has 0 aromatic carbocycles. The Morgan fingerprint density at radius 1 is 0.938 bits per heavy atom. The van der Waals surface area contributed by atoms with Crippen molar-refractivity contribution in [1.82, 2.24) is 20.2 Å². The molecule has 0 aliphatic heterocycles. The predicted molar refractivity (Wildman–Crippen MR) is 60.9 cm³/mol. The van der Waals surface area contributed by atoms with Crippen LogP contribution in [0.25, 0.3) is 0 Å². The summed E-state index contributed by atoms with van der Waals surface area (Å²) in [6.07, 6.45) is 8.89. The van der Waals surface area contributed by atoms with E-state index in [1.54, 1.807) is 18.6 Å². The first-order chi connectivity index (χ1) is 7.77. The van der Waals surface area contributed by atoms with Gasteiger partial charge in [-0.05, 0) is 37.8 Å². The lowest BCUT2D eigenvalue weighted by atomic mass is 10.1. The normalized spacial score (nSPS) is 10.4. The van der Waals surface area contributed by atoms with Crippen molar-refractivity contribution in [2.24, 2.45) is 0 Å². The predicted octanol–water partition coefficient (Wildman–Crippen LogP) is 1.67. The van der Waals surface area contributed by atoms with Crippen molar-refractivity contribution in [2.75, 3.05) is 0 Å². The molecular formula is C12H14N4. The summed E-state index contributed by atoms with van der Waals surface area (Å²) in [5, 5.41) is 7.73. The van der Waals surface area contributed by atoms with Crippen molar-refractivity contribution in [2.45, 2.75) is 26.7 Å². The van der Waals surface area contributed by atoms with Crippen molar-refractivity contribution < 1.29 is 0 Å². The van der Waals surface area contributed by atoms with E-state index in [2.05, 4.69) is 20.2 Å². The molecular weight excluding hydrogens is 200 g/mol. The molecule has 0 saturated heterocycles. The third-order valence-electron chi connectivity index (χ3n) is 2.65. The molecule has 4 heteroatoms. The molecule has 0 unspecified atom stereocenters. The van der Waals surface area contributed by atoms with E-state index < -0.39 is 0 Å². The minimum atomic E-state index is 0.895. The molecule has 0 amide bonds. The van der Waals surface area contributed by atoms with Gasteiger partial charge >= 0.3 is 0 Å². The number of aromatic nitrogens is 4. The zero-order valence-corrected chi connectivity index (χ0v) is 9.51. The molecule has 0 aliphatic rings. The summed E-state index contributed by atoms with van der Waals surface area (Å²) in [5.74, 6) is 0. The van der Waals surface area contributed by atoms with Gasteiger partial charge in [0.15, 0.2) is 0 Å². The van der Waals surface area contributed by atoms with E-state index in [0.717, 1.165) is 24.2 Å². The first-order valence-corrected chi connectivity index (χ1v) is 5.30. The minimum absolute atomic E-state index is 0.895. The number of aryl methyl sites for hydroxylation is 4. The van der Waals surface area contributed by atoms with Crippen LogP contribution in [-0.2, 0) is 12.8 Å². The van der Waals surface area contributed by atoms with Crippen LogP contribution in [0.1, 0.15) is 22.5 Å². The Kier molecular flexibility index (Phi) is 3.19. The summed E-state index contributed by atoms with van der Waals surface area (Å²) in [5.41, 5.74) is 4.46. The van der Waals surface area contributed by atoms with E-state index >= 15 is 0 Å². The van der Waals surface area contributed by atoms with Crippen LogP contribution in [0.2, 0.25) is 0 Å². The maximum atomic E-state index is 4.32. The zero-order chi connectivity index (χ0) is 11.4. The molecule has 0 radical (unpaired) electrons. The molecule has 2 heterocycles. The lowest BCUT2D eigenvalue weighted by Gasteiger charge is -2.05. The average molecular weight is 214 g/mol. The largest absolute Gasteiger partial charge is 0.258 e. The summed E-state index contributed by atoms with van der Waals surface area (Å²) < 4.78 is 0. The Morgan fingerprint density at radius 3 is 2.44 bits per heavy atom. The molecule has 0 atom stereocenters. The van der Waals surface area contributed by atoms with Crippen molar-refractivity contribution in [3.63, 3.8) is 0 Å². The highest BCUT2D eigenvalue weighted by Crippen LogP contribution is 2.09. The Balaban J connectivity index is 2.09. The van der Waals surface area contributed by atoms with Crippen LogP contribution in [-0.4, -0.2) is 20.2 Å². The van der Waals surface area contributed by atoms with Gasteiger partial charge in [-0.15, -0.1) is 0 Å². The minimum Gasteiger partial charge on any atom is -0.258 e. The summed E-state index contributed by atoms with van der Waals surface area (Å²) >= 11 is 0. The first-order valence-electron chi connectivity index (χ1n) is 5.30. The van der Waals surface area contributed by atoms with Gasteiger partial charge in [0.25, 0.3) is 0 Å². The van der Waals surface area contributed by atoms with E-state index in [1.165, 1.54) is 11.1 Å². The van der Waals surface area contributed by atoms with Gasteiger partial charge in [-0.2, -0.15) is 10.2 Å². The number of hydrogen-bond acceptors (Lipinski definition) is 4. The molecule has 0 spiro atoms. The fraction of sp³-hybridized carbons (Fsp3) is 0.333. The van der Waals surface area contributed by atoms with Crippen LogP contribution in [0.5, 0.6) is 0 Å². The van der Waals surface area contributed by atoms with Gasteiger partial charge in [0.2, 0.25) is 0 Å². The van der Waals surface area contributed by atoms with Crippen molar-refractivity contribution in [1.29, 1.82) is 0 Å². The number of nitrogens with zero attached hydrogens (tertiary/aromatic N) is 4. The number of hydrogen-bond donors (Lipinski definition) is 0. The molecule has 4 nitrogen and oxygen atoms in total. The second-order valence-electron chi connectivity index (χ2n) is 3.79. The Hall–Kier alpha value is -1.84. The summed E-state index contributed by atoms with van der Waals surface area (Å²) in [7, 11) is 0. The second kappa shape index (κ2) is 4.79. The summed E-state index contributed by atoms with van der Waals surface area (Å²) in [4.78, 5) is 8.55. The van der Waals surface area contributed by atoms with Crippen molar-refractivity contribution in [3.8, 4) is 0 Å². The van der Waals surface area contributed by atoms with Crippen LogP contribution < -0.4 is 0 Å². The molecule has 0 saturated carbocycles. The maximum Gasteiger partial charge on any atom is 0.0619 e. The fourth-order valence-electron chi connectivity index (χ4n) is 1.60. The lowest BCUT2D eigenvalue weighted by molar-refractivity contribution is 0.853. The third-order valence-corrected chi connectivity index (χ3v) is 2.65. The van der Waals surface area contributed by atoms with Crippen LogP contribution >= 0.6 is 0 Å². The molecule has 2 aromatic rings. The Morgan fingerprint density at radius 2 is 1.69 bits per heavy atom. The molecule has 16 heavy (non-hydrogen) atoms. The smallest absolute Gasteiger partial charge is 0.0619 e. The molecule has 2 aromatic heterocycles. The van der Waals surface area contributed by atoms with Gasteiger partial charge in [0, 0.05) is 12.4 Å². The van der Waals surface area contributed by atoms with Gasteiger partial charge in [0.1, 0.15) is 0 Å². The number of rotatable bonds is 3. The molecule has 0 fully saturated rings. The van der Waals surface area contributed by atoms with E-state index in [-0.39, 0.29) is 0 Å². The van der Waals surface area contributed by atoms with Gasteiger partial charge < -0.3 is 0 Å². The average Bonchev–Trinajstić information content (AvgIpc) is 2.30. The molecule has 0 bridgehead atoms. The second-order valence-corrected chi connectivity index (χ2v) is 3.79. The Labute approximate surface area is 94.8 Å². The highest BCUT2D eigenvalue weighted by molar-refractivity contribution is 5.20. The molecule has 82 valence electrons. The quantitative estimate of drug-likeness (QED) is 0.779. The summed E-state index contributed by atoms with van der Waals surface area (Å²) in [6, 6.07) is 0. The highest BCUT2D eigenvalue weighted by atomic mass is 15.1. The van der Waals surface area contributed by atoms with Crippen LogP contribution in [0.3, 0.4) is 0 Å². The first kappa shape index (κ1) is 10.7. The van der Waals surface area contributed by atoms with Gasteiger partial charge in [-0.3, -0.25) is 9.97 Å². The lowest BCUT2D eigenvalue weighted by Crippen LogP contribution is -2.01. The fourth-order valence-corrected chi connectivity index (χ4v) is 1.60. The standard InChI is InChI=1S/C12H14N4/c1-9-7-15-16-8-11(9)3-4-12-10(2)13-5-6-14-12/h5-8H,3-4H2,1-2H3. The van der Waals surface area contributed by atoms with Crippen LogP contribution in [0.4, 0.5) is 0 Å². The van der Waals surface area contributed by atoms with Crippen LogP contribution in [0, 0.1) is 13.8 Å². The molecule has 0 aliphatic carbocycles. The van der Waals surface area contributed by atoms with Gasteiger partial charge in [-0.25, -0.2) is 0 Å². The summed E-state index contributed by atoms with van der Waals surface area (Å²) in [6.45, 7) is 4.04. The van der Waals surface area contributed by atoms with E-state index in [9.17, 15) is 0 Å². The molecule has 0 N–H and O–H groups in total. The monoisotopic (exact) mass is 214 g/mol. The van der Waals surface area contributed by atoms with Gasteiger partial charge in [-0.1, -0.05) is 0 Å². The Bertz CT molecular complexity index is 436. The van der Waals surface area contributed by atoms with Crippen molar-refractivity contribution >= 4 is 0 Å². The van der Waals surface area contributed by atoms with Crippen LogP contribution in [0.15, 0.2) is 24.8 Å². The van der Waals surface area contributed by atoms with E-state index in [4.69, 9.17) is 0 Å². The highest BCUT2D eigenvalue weighted by Gasteiger charge is 2.03. The zero-order valence-electron chi connectivity index (χ0n) is 9.51.